The third-order valence-corrected chi connectivity index (χ3v) is 4.68. The molecule has 0 aromatic carbocycles. The zero-order chi connectivity index (χ0) is 16.8. The number of nitrogens with zero attached hydrogens (tertiary/aromatic N) is 2. The minimum Gasteiger partial charge on any atom is -0.389 e. The molecule has 0 bridgehead atoms. The third kappa shape index (κ3) is 4.97. The summed E-state index contributed by atoms with van der Waals surface area (Å²) in [4.78, 5) is 25.8. The molecule has 1 aromatic rings. The summed E-state index contributed by atoms with van der Waals surface area (Å²) in [5.74, 6) is 2.03. The smallest absolute Gasteiger partial charge is 0.273 e. The van der Waals surface area contributed by atoms with Crippen LogP contribution in [0.5, 0.6) is 0 Å². The van der Waals surface area contributed by atoms with Crippen molar-refractivity contribution in [1.29, 1.82) is 0 Å². The van der Waals surface area contributed by atoms with Crippen molar-refractivity contribution in [3.63, 3.8) is 0 Å². The maximum Gasteiger partial charge on any atom is 0.273 e. The van der Waals surface area contributed by atoms with E-state index in [4.69, 9.17) is 4.52 Å². The van der Waals surface area contributed by atoms with Crippen molar-refractivity contribution >= 4 is 23.6 Å². The fourth-order valence-corrected chi connectivity index (χ4v) is 3.11. The number of nitrogens with one attached hydrogen (secondary N) is 1. The molecular formula is C15H23N3O4S. The van der Waals surface area contributed by atoms with Crippen LogP contribution in [0.4, 0.5) is 0 Å². The van der Waals surface area contributed by atoms with E-state index in [-0.39, 0.29) is 30.1 Å². The first kappa shape index (κ1) is 17.8. The van der Waals surface area contributed by atoms with Crippen LogP contribution < -0.4 is 5.32 Å². The lowest BCUT2D eigenvalue weighted by Gasteiger charge is -2.36. The molecular weight excluding hydrogens is 318 g/mol. The normalized spacial score (nSPS) is 21.3. The third-order valence-electron chi connectivity index (χ3n) is 3.78. The Morgan fingerprint density at radius 3 is 2.96 bits per heavy atom. The van der Waals surface area contributed by atoms with Gasteiger partial charge in [-0.05, 0) is 19.1 Å². The molecule has 1 aromatic heterocycles. The van der Waals surface area contributed by atoms with E-state index in [1.54, 1.807) is 29.7 Å². The maximum atomic E-state index is 12.1. The summed E-state index contributed by atoms with van der Waals surface area (Å²) in [6, 6.07) is 1.17. The SMILES string of the molecule is CCSCCC(=O)N1CC[C@@H](NC(=O)c2cc(C)on2)[C@H](O)C1. The van der Waals surface area contributed by atoms with Gasteiger partial charge in [-0.1, -0.05) is 12.1 Å². The molecule has 1 saturated heterocycles. The lowest BCUT2D eigenvalue weighted by Crippen LogP contribution is -2.55. The first-order valence-corrected chi connectivity index (χ1v) is 8.94. The number of aryl methyl sites for hydroxylation is 1. The molecule has 0 aliphatic carbocycles. The van der Waals surface area contributed by atoms with Crippen LogP contribution in [-0.2, 0) is 4.79 Å². The van der Waals surface area contributed by atoms with Crippen LogP contribution in [0.2, 0.25) is 0 Å². The summed E-state index contributed by atoms with van der Waals surface area (Å²) in [6.45, 7) is 4.55. The lowest BCUT2D eigenvalue weighted by molar-refractivity contribution is -0.134. The lowest BCUT2D eigenvalue weighted by atomic mass is 10.0. The molecule has 128 valence electrons. The van der Waals surface area contributed by atoms with Crippen LogP contribution in [0.1, 0.15) is 36.0 Å². The minimum atomic E-state index is -0.775. The topological polar surface area (TPSA) is 95.7 Å². The van der Waals surface area contributed by atoms with Gasteiger partial charge in [-0.2, -0.15) is 11.8 Å². The largest absolute Gasteiger partial charge is 0.389 e. The van der Waals surface area contributed by atoms with Crippen molar-refractivity contribution in [2.24, 2.45) is 0 Å². The highest BCUT2D eigenvalue weighted by molar-refractivity contribution is 7.99. The number of β-amino-alcohol motifs (C(OH)–C–C–N with tert-alkyl or cyclic N) is 1. The molecule has 1 aliphatic rings. The number of carbonyl (C=O) groups excluding carboxylic acids is 2. The van der Waals surface area contributed by atoms with Crippen LogP contribution >= 0.6 is 11.8 Å². The molecule has 2 atom stereocenters. The standard InChI is InChI=1S/C15H23N3O4S/c1-3-23-7-5-14(20)18-6-4-11(13(19)9-18)16-15(21)12-8-10(2)22-17-12/h8,11,13,19H,3-7,9H2,1-2H3,(H,16,21)/t11-,13-/m1/s1. The van der Waals surface area contributed by atoms with Gasteiger partial charge in [-0.25, -0.2) is 0 Å². The maximum absolute atomic E-state index is 12.1. The number of amides is 2. The van der Waals surface area contributed by atoms with Gasteiger partial charge < -0.3 is 19.8 Å². The van der Waals surface area contributed by atoms with E-state index in [1.807, 2.05) is 0 Å². The number of piperidine rings is 1. The van der Waals surface area contributed by atoms with Gasteiger partial charge in [0.2, 0.25) is 5.91 Å². The summed E-state index contributed by atoms with van der Waals surface area (Å²) >= 11 is 1.73. The summed E-state index contributed by atoms with van der Waals surface area (Å²) in [5, 5.41) is 16.6. The van der Waals surface area contributed by atoms with Crippen molar-refractivity contribution in [1.82, 2.24) is 15.4 Å². The number of likely N-dealkylation sites (tertiary alicyclic amines) is 1. The Hall–Kier alpha value is -1.54. The van der Waals surface area contributed by atoms with E-state index in [9.17, 15) is 14.7 Å². The van der Waals surface area contributed by atoms with E-state index in [2.05, 4.69) is 17.4 Å². The molecule has 1 aliphatic heterocycles. The van der Waals surface area contributed by atoms with Crippen molar-refractivity contribution in [2.45, 2.75) is 38.8 Å². The fourth-order valence-electron chi connectivity index (χ4n) is 2.50. The van der Waals surface area contributed by atoms with E-state index in [0.29, 0.717) is 25.1 Å². The van der Waals surface area contributed by atoms with Crippen LogP contribution in [0.25, 0.3) is 0 Å². The Morgan fingerprint density at radius 1 is 1.57 bits per heavy atom. The van der Waals surface area contributed by atoms with Crippen LogP contribution in [0.15, 0.2) is 10.6 Å². The highest BCUT2D eigenvalue weighted by Gasteiger charge is 2.31. The number of aliphatic hydroxyl groups is 1. The molecule has 0 unspecified atom stereocenters. The summed E-state index contributed by atoms with van der Waals surface area (Å²) < 4.78 is 4.87. The molecule has 0 spiro atoms. The van der Waals surface area contributed by atoms with E-state index in [0.717, 1.165) is 11.5 Å². The second-order valence-corrected chi connectivity index (χ2v) is 6.94. The van der Waals surface area contributed by atoms with Gasteiger partial charge in [0, 0.05) is 31.3 Å². The molecule has 2 amide bonds. The predicted octanol–water partition coefficient (Wildman–Crippen LogP) is 0.818. The first-order valence-electron chi connectivity index (χ1n) is 7.79. The van der Waals surface area contributed by atoms with E-state index < -0.39 is 6.10 Å². The molecule has 0 saturated carbocycles. The number of thioether (sulfide) groups is 1. The van der Waals surface area contributed by atoms with Crippen molar-refractivity contribution in [3.05, 3.63) is 17.5 Å². The number of rotatable bonds is 6. The van der Waals surface area contributed by atoms with E-state index in [1.165, 1.54) is 0 Å². The van der Waals surface area contributed by atoms with Crippen LogP contribution in [0.3, 0.4) is 0 Å². The number of aromatic nitrogens is 1. The molecule has 2 heterocycles. The highest BCUT2D eigenvalue weighted by atomic mass is 32.2. The Kier molecular flexibility index (Phi) is 6.47. The van der Waals surface area contributed by atoms with Gasteiger partial charge in [0.1, 0.15) is 5.76 Å². The molecule has 0 radical (unpaired) electrons. The van der Waals surface area contributed by atoms with Crippen molar-refractivity contribution in [2.75, 3.05) is 24.6 Å². The average molecular weight is 341 g/mol. The van der Waals surface area contributed by atoms with Crippen molar-refractivity contribution < 1.29 is 19.2 Å². The van der Waals surface area contributed by atoms with Crippen LogP contribution in [-0.4, -0.2) is 63.7 Å². The zero-order valence-electron chi connectivity index (χ0n) is 13.4. The first-order chi connectivity index (χ1) is 11.0. The quantitative estimate of drug-likeness (QED) is 0.744. The molecule has 2 rings (SSSR count). The molecule has 7 nitrogen and oxygen atoms in total. The van der Waals surface area contributed by atoms with Gasteiger partial charge in [-0.15, -0.1) is 0 Å². The Morgan fingerprint density at radius 2 is 2.35 bits per heavy atom. The molecule has 2 N–H and O–H groups in total. The molecule has 23 heavy (non-hydrogen) atoms. The average Bonchev–Trinajstić information content (AvgIpc) is 2.96. The number of hydrogen-bond donors (Lipinski definition) is 2. The Labute approximate surface area is 139 Å². The minimum absolute atomic E-state index is 0.0573. The molecule has 1 fully saturated rings. The summed E-state index contributed by atoms with van der Waals surface area (Å²) in [6.07, 6.45) is 0.236. The van der Waals surface area contributed by atoms with Crippen molar-refractivity contribution in [3.8, 4) is 0 Å². The fraction of sp³-hybridized carbons (Fsp3) is 0.667. The van der Waals surface area contributed by atoms with Gasteiger partial charge in [0.05, 0.1) is 12.1 Å². The second kappa shape index (κ2) is 8.35. The Bertz CT molecular complexity index is 549. The predicted molar refractivity (Wildman–Crippen MR) is 87.3 cm³/mol. The zero-order valence-corrected chi connectivity index (χ0v) is 14.3. The number of aliphatic hydroxyl groups excluding tert-OH is 1. The molecule has 8 heteroatoms. The monoisotopic (exact) mass is 341 g/mol. The summed E-state index contributed by atoms with van der Waals surface area (Å²) in [5.41, 5.74) is 0.199. The van der Waals surface area contributed by atoms with Gasteiger partial charge >= 0.3 is 0 Å². The second-order valence-electron chi connectivity index (χ2n) is 5.55. The number of hydrogen-bond acceptors (Lipinski definition) is 6. The summed E-state index contributed by atoms with van der Waals surface area (Å²) in [7, 11) is 0. The van der Waals surface area contributed by atoms with E-state index >= 15 is 0 Å². The van der Waals surface area contributed by atoms with Crippen LogP contribution in [0, 0.1) is 6.92 Å². The van der Waals surface area contributed by atoms with Gasteiger partial charge in [0.15, 0.2) is 5.69 Å². The van der Waals surface area contributed by atoms with Gasteiger partial charge in [-0.3, -0.25) is 9.59 Å². The van der Waals surface area contributed by atoms with Gasteiger partial charge in [0.25, 0.3) is 5.91 Å². The number of carbonyl (C=O) groups is 2. The highest BCUT2D eigenvalue weighted by Crippen LogP contribution is 2.14. The Balaban J connectivity index is 1.81.